The average Bonchev–Trinajstić information content (AvgIpc) is 3.06. The van der Waals surface area contributed by atoms with Crippen molar-refractivity contribution in [2.75, 3.05) is 32.6 Å². The molecule has 0 aliphatic carbocycles. The number of nitrogens with one attached hydrogen (secondary N) is 1. The molecule has 0 saturated carbocycles. The molecule has 6 nitrogen and oxygen atoms in total. The molecular weight excluding hydrogens is 381 g/mol. The van der Waals surface area contributed by atoms with Crippen LogP contribution in [0.15, 0.2) is 53.7 Å². The van der Waals surface area contributed by atoms with Crippen molar-refractivity contribution in [2.24, 2.45) is 0 Å². The standard InChI is InChI=1S/C20H22FN3O3S/c1-26-12-10-22-19(25)14-28-20-23-16-7-3-4-8-17(16)24(20)11-13-27-18-9-5-2-6-15(18)21/h2-9H,10-14H2,1H3,(H,22,25). The molecule has 1 heterocycles. The molecule has 2 aromatic carbocycles. The highest BCUT2D eigenvalue weighted by Gasteiger charge is 2.13. The van der Waals surface area contributed by atoms with Crippen molar-refractivity contribution < 1.29 is 18.7 Å². The Morgan fingerprint density at radius 1 is 1.18 bits per heavy atom. The van der Waals surface area contributed by atoms with E-state index in [0.717, 1.165) is 16.2 Å². The fraction of sp³-hybridized carbons (Fsp3) is 0.300. The summed E-state index contributed by atoms with van der Waals surface area (Å²) in [5.41, 5.74) is 1.79. The zero-order chi connectivity index (χ0) is 19.8. The Labute approximate surface area is 167 Å². The summed E-state index contributed by atoms with van der Waals surface area (Å²) >= 11 is 1.36. The minimum Gasteiger partial charge on any atom is -0.489 e. The number of hydrogen-bond acceptors (Lipinski definition) is 5. The van der Waals surface area contributed by atoms with Crippen LogP contribution in [0.5, 0.6) is 5.75 Å². The second-order valence-corrected chi connectivity index (χ2v) is 6.89. The van der Waals surface area contributed by atoms with E-state index in [0.29, 0.717) is 19.7 Å². The molecule has 0 atom stereocenters. The molecule has 0 bridgehead atoms. The van der Waals surface area contributed by atoms with E-state index in [9.17, 15) is 9.18 Å². The molecule has 8 heteroatoms. The number of carbonyl (C=O) groups excluding carboxylic acids is 1. The maximum atomic E-state index is 13.7. The number of ether oxygens (including phenoxy) is 2. The molecule has 28 heavy (non-hydrogen) atoms. The Morgan fingerprint density at radius 3 is 2.79 bits per heavy atom. The van der Waals surface area contributed by atoms with Crippen LogP contribution < -0.4 is 10.1 Å². The van der Waals surface area contributed by atoms with E-state index in [1.807, 2.05) is 28.8 Å². The molecule has 0 aliphatic heterocycles. The van der Waals surface area contributed by atoms with E-state index in [1.54, 1.807) is 25.3 Å². The highest BCUT2D eigenvalue weighted by Crippen LogP contribution is 2.24. The Kier molecular flexibility index (Phi) is 7.27. The first kappa shape index (κ1) is 20.2. The topological polar surface area (TPSA) is 65.4 Å². The predicted molar refractivity (Wildman–Crippen MR) is 107 cm³/mol. The third kappa shape index (κ3) is 5.24. The molecule has 0 aliphatic rings. The van der Waals surface area contributed by atoms with Crippen molar-refractivity contribution in [3.63, 3.8) is 0 Å². The van der Waals surface area contributed by atoms with Gasteiger partial charge in [-0.15, -0.1) is 0 Å². The fourth-order valence-electron chi connectivity index (χ4n) is 2.66. The number of nitrogens with zero attached hydrogens (tertiary/aromatic N) is 2. The summed E-state index contributed by atoms with van der Waals surface area (Å²) in [4.78, 5) is 16.6. The van der Waals surface area contributed by atoms with Gasteiger partial charge in [-0.2, -0.15) is 0 Å². The van der Waals surface area contributed by atoms with Gasteiger partial charge in [-0.25, -0.2) is 9.37 Å². The van der Waals surface area contributed by atoms with Crippen LogP contribution in [-0.4, -0.2) is 48.1 Å². The predicted octanol–water partition coefficient (Wildman–Crippen LogP) is 3.11. The van der Waals surface area contributed by atoms with Crippen LogP contribution in [0.2, 0.25) is 0 Å². The Hall–Kier alpha value is -2.58. The summed E-state index contributed by atoms with van der Waals surface area (Å²) in [6.45, 7) is 1.72. The minimum atomic E-state index is -0.389. The number of para-hydroxylation sites is 3. The number of imidazole rings is 1. The van der Waals surface area contributed by atoms with Crippen LogP contribution in [0.4, 0.5) is 4.39 Å². The van der Waals surface area contributed by atoms with Gasteiger partial charge in [0, 0.05) is 13.7 Å². The van der Waals surface area contributed by atoms with Gasteiger partial charge in [0.05, 0.1) is 29.9 Å². The summed E-state index contributed by atoms with van der Waals surface area (Å²) in [7, 11) is 1.59. The zero-order valence-corrected chi connectivity index (χ0v) is 16.4. The van der Waals surface area contributed by atoms with E-state index >= 15 is 0 Å². The highest BCUT2D eigenvalue weighted by atomic mass is 32.2. The Balaban J connectivity index is 1.67. The van der Waals surface area contributed by atoms with Gasteiger partial charge in [0.2, 0.25) is 5.91 Å². The number of halogens is 1. The lowest BCUT2D eigenvalue weighted by molar-refractivity contribution is -0.118. The number of fused-ring (bicyclic) bond motifs is 1. The lowest BCUT2D eigenvalue weighted by Crippen LogP contribution is -2.28. The number of carbonyl (C=O) groups is 1. The summed E-state index contributed by atoms with van der Waals surface area (Å²) in [5, 5.41) is 3.51. The normalized spacial score (nSPS) is 10.9. The molecule has 0 fully saturated rings. The van der Waals surface area contributed by atoms with Crippen molar-refractivity contribution in [3.05, 3.63) is 54.3 Å². The van der Waals surface area contributed by atoms with Gasteiger partial charge >= 0.3 is 0 Å². The summed E-state index contributed by atoms with van der Waals surface area (Å²) in [5.74, 6) is 0.00326. The highest BCUT2D eigenvalue weighted by molar-refractivity contribution is 7.99. The molecule has 0 radical (unpaired) electrons. The second kappa shape index (κ2) is 10.1. The fourth-order valence-corrected chi connectivity index (χ4v) is 3.53. The smallest absolute Gasteiger partial charge is 0.230 e. The molecule has 0 unspecified atom stereocenters. The van der Waals surface area contributed by atoms with Gasteiger partial charge in [0.1, 0.15) is 6.61 Å². The van der Waals surface area contributed by atoms with Crippen molar-refractivity contribution in [1.82, 2.24) is 14.9 Å². The monoisotopic (exact) mass is 403 g/mol. The Bertz CT molecular complexity index is 932. The second-order valence-electron chi connectivity index (χ2n) is 5.95. The molecule has 1 N–H and O–H groups in total. The van der Waals surface area contributed by atoms with Gasteiger partial charge in [0.25, 0.3) is 0 Å². The third-order valence-corrected chi connectivity index (χ3v) is 4.97. The van der Waals surface area contributed by atoms with E-state index < -0.39 is 0 Å². The van der Waals surface area contributed by atoms with Crippen LogP contribution in [-0.2, 0) is 16.1 Å². The molecule has 1 amide bonds. The third-order valence-electron chi connectivity index (χ3n) is 3.99. The summed E-state index contributed by atoms with van der Waals surface area (Å²) < 4.78 is 26.2. The van der Waals surface area contributed by atoms with E-state index in [1.165, 1.54) is 17.8 Å². The van der Waals surface area contributed by atoms with E-state index in [-0.39, 0.29) is 29.8 Å². The van der Waals surface area contributed by atoms with Crippen LogP contribution in [0, 0.1) is 5.82 Å². The molecule has 3 aromatic rings. The number of hydrogen-bond donors (Lipinski definition) is 1. The van der Waals surface area contributed by atoms with Gasteiger partial charge in [-0.05, 0) is 24.3 Å². The van der Waals surface area contributed by atoms with Crippen LogP contribution in [0.1, 0.15) is 0 Å². The minimum absolute atomic E-state index is 0.0803. The largest absolute Gasteiger partial charge is 0.489 e. The molecule has 1 aromatic heterocycles. The SMILES string of the molecule is COCCNC(=O)CSc1nc2ccccc2n1CCOc1ccccc1F. The number of aromatic nitrogens is 2. The van der Waals surface area contributed by atoms with Crippen LogP contribution in [0.3, 0.4) is 0 Å². The number of rotatable bonds is 10. The first-order valence-corrected chi connectivity index (χ1v) is 9.88. The van der Waals surface area contributed by atoms with Gasteiger partial charge in [0.15, 0.2) is 16.7 Å². The van der Waals surface area contributed by atoms with Crippen molar-refractivity contribution in [2.45, 2.75) is 11.7 Å². The van der Waals surface area contributed by atoms with Crippen molar-refractivity contribution >= 4 is 28.7 Å². The summed E-state index contributed by atoms with van der Waals surface area (Å²) in [6.07, 6.45) is 0. The van der Waals surface area contributed by atoms with Gasteiger partial charge in [-0.3, -0.25) is 4.79 Å². The number of benzene rings is 2. The first-order chi connectivity index (χ1) is 13.7. The number of thioether (sulfide) groups is 1. The maximum absolute atomic E-state index is 13.7. The average molecular weight is 403 g/mol. The first-order valence-electron chi connectivity index (χ1n) is 8.90. The molecule has 148 valence electrons. The summed E-state index contributed by atoms with van der Waals surface area (Å²) in [6, 6.07) is 14.1. The van der Waals surface area contributed by atoms with E-state index in [4.69, 9.17) is 9.47 Å². The maximum Gasteiger partial charge on any atom is 0.230 e. The lowest BCUT2D eigenvalue weighted by atomic mass is 10.3. The Morgan fingerprint density at radius 2 is 1.96 bits per heavy atom. The molecule has 0 spiro atoms. The van der Waals surface area contributed by atoms with Gasteiger partial charge < -0.3 is 19.4 Å². The molecule has 3 rings (SSSR count). The van der Waals surface area contributed by atoms with E-state index in [2.05, 4.69) is 10.3 Å². The lowest BCUT2D eigenvalue weighted by Gasteiger charge is -2.11. The zero-order valence-electron chi connectivity index (χ0n) is 15.6. The van der Waals surface area contributed by atoms with Crippen LogP contribution in [0.25, 0.3) is 11.0 Å². The van der Waals surface area contributed by atoms with Crippen molar-refractivity contribution in [1.29, 1.82) is 0 Å². The molecule has 0 saturated heterocycles. The van der Waals surface area contributed by atoms with Gasteiger partial charge in [-0.1, -0.05) is 36.0 Å². The molecular formula is C20H22FN3O3S. The van der Waals surface area contributed by atoms with Crippen molar-refractivity contribution in [3.8, 4) is 5.75 Å². The van der Waals surface area contributed by atoms with Crippen LogP contribution >= 0.6 is 11.8 Å². The number of methoxy groups -OCH3 is 1. The number of amides is 1. The quantitative estimate of drug-likeness (QED) is 0.416.